The van der Waals surface area contributed by atoms with Gasteiger partial charge in [0.15, 0.2) is 0 Å². The Kier molecular flexibility index (Phi) is 5.99. The molecule has 0 N–H and O–H groups in total. The Morgan fingerprint density at radius 3 is 1.72 bits per heavy atom. The highest BCUT2D eigenvalue weighted by molar-refractivity contribution is 7.85. The van der Waals surface area contributed by atoms with Gasteiger partial charge in [0.2, 0.25) is 0 Å². The number of hydrogen-bond donors (Lipinski definition) is 0. The highest BCUT2D eigenvalue weighted by Crippen LogP contribution is 2.22. The number of nitrogens with zero attached hydrogens (tertiary/aromatic N) is 1. The molecule has 4 nitrogen and oxygen atoms in total. The topological polar surface area (TPSA) is 57.2 Å². The van der Waals surface area contributed by atoms with Crippen molar-refractivity contribution in [2.24, 2.45) is 0 Å². The summed E-state index contributed by atoms with van der Waals surface area (Å²) in [5, 5.41) is 0. The van der Waals surface area contributed by atoms with Crippen molar-refractivity contribution in [3.05, 3.63) is 29.8 Å². The van der Waals surface area contributed by atoms with E-state index in [1.165, 1.54) is 6.07 Å². The molecule has 0 bridgehead atoms. The van der Waals surface area contributed by atoms with Crippen LogP contribution in [0.4, 0.5) is 0 Å². The molecule has 18 heavy (non-hydrogen) atoms. The van der Waals surface area contributed by atoms with Gasteiger partial charge < -0.3 is 9.04 Å². The van der Waals surface area contributed by atoms with Crippen LogP contribution >= 0.6 is 0 Å². The molecule has 0 saturated heterocycles. The van der Waals surface area contributed by atoms with Gasteiger partial charge in [0.05, 0.1) is 33.1 Å². The van der Waals surface area contributed by atoms with Crippen molar-refractivity contribution in [3.63, 3.8) is 0 Å². The molecule has 0 aliphatic carbocycles. The Hall–Kier alpha value is -0.910. The monoisotopic (exact) mass is 273 g/mol. The van der Waals surface area contributed by atoms with Gasteiger partial charge >= 0.3 is 0 Å². The maximum Gasteiger partial charge on any atom is 0.124 e. The summed E-state index contributed by atoms with van der Waals surface area (Å²) in [5.74, 6) is 0.0416. The quantitative estimate of drug-likeness (QED) is 0.612. The summed E-state index contributed by atoms with van der Waals surface area (Å²) < 4.78 is 33.4. The van der Waals surface area contributed by atoms with Crippen molar-refractivity contribution < 1.29 is 17.5 Å². The molecule has 0 aliphatic heterocycles. The Morgan fingerprint density at radius 2 is 1.44 bits per heavy atom. The van der Waals surface area contributed by atoms with Crippen LogP contribution in [0, 0.1) is 0 Å². The van der Waals surface area contributed by atoms with Crippen LogP contribution < -0.4 is 0 Å². The Morgan fingerprint density at radius 1 is 1.06 bits per heavy atom. The molecule has 0 aromatic heterocycles. The van der Waals surface area contributed by atoms with E-state index in [2.05, 4.69) is 28.2 Å². The minimum atomic E-state index is -4.33. The SMILES string of the molecule is CC(C)c1ccccc1S(=O)(=O)[O-].C[N+](C)(C)C. The molecule has 0 amide bonds. The van der Waals surface area contributed by atoms with E-state index in [-0.39, 0.29) is 10.8 Å². The summed E-state index contributed by atoms with van der Waals surface area (Å²) >= 11 is 0. The van der Waals surface area contributed by atoms with Gasteiger partial charge in [0.25, 0.3) is 0 Å². The first-order valence-corrected chi connectivity index (χ1v) is 7.17. The summed E-state index contributed by atoms with van der Waals surface area (Å²) in [5.41, 5.74) is 0.581. The molecular formula is C13H23NO3S. The molecule has 104 valence electrons. The second kappa shape index (κ2) is 6.31. The van der Waals surface area contributed by atoms with Crippen molar-refractivity contribution in [1.82, 2.24) is 0 Å². The molecule has 0 aliphatic rings. The molecule has 0 spiro atoms. The predicted molar refractivity (Wildman–Crippen MR) is 72.5 cm³/mol. The fourth-order valence-corrected chi connectivity index (χ4v) is 2.02. The molecule has 0 saturated carbocycles. The third-order valence-electron chi connectivity index (χ3n) is 1.81. The summed E-state index contributed by atoms with van der Waals surface area (Å²) in [6.07, 6.45) is 0. The van der Waals surface area contributed by atoms with Gasteiger partial charge in [-0.25, -0.2) is 8.42 Å². The molecule has 0 unspecified atom stereocenters. The highest BCUT2D eigenvalue weighted by Gasteiger charge is 2.09. The maximum atomic E-state index is 10.8. The van der Waals surface area contributed by atoms with Gasteiger partial charge in [-0.1, -0.05) is 32.0 Å². The van der Waals surface area contributed by atoms with Gasteiger partial charge in [-0.3, -0.25) is 0 Å². The molecule has 5 heteroatoms. The summed E-state index contributed by atoms with van der Waals surface area (Å²) in [4.78, 5) is -0.106. The molecule has 0 atom stereocenters. The Labute approximate surface area is 111 Å². The summed E-state index contributed by atoms with van der Waals surface area (Å²) in [6, 6.07) is 6.29. The van der Waals surface area contributed by atoms with E-state index in [4.69, 9.17) is 0 Å². The van der Waals surface area contributed by atoms with Crippen LogP contribution in [0.2, 0.25) is 0 Å². The molecule has 0 heterocycles. The average molecular weight is 273 g/mol. The van der Waals surface area contributed by atoms with Crippen molar-refractivity contribution in [2.45, 2.75) is 24.7 Å². The Bertz CT molecular complexity index is 467. The van der Waals surface area contributed by atoms with Crippen LogP contribution in [0.15, 0.2) is 29.2 Å². The van der Waals surface area contributed by atoms with Crippen molar-refractivity contribution >= 4 is 10.1 Å². The van der Waals surface area contributed by atoms with E-state index in [9.17, 15) is 13.0 Å². The van der Waals surface area contributed by atoms with Crippen LogP contribution in [-0.2, 0) is 10.1 Å². The van der Waals surface area contributed by atoms with Gasteiger partial charge in [0.1, 0.15) is 10.1 Å². The fourth-order valence-electron chi connectivity index (χ4n) is 1.19. The third-order valence-corrected chi connectivity index (χ3v) is 2.72. The fraction of sp³-hybridized carbons (Fsp3) is 0.538. The second-order valence-corrected chi connectivity index (χ2v) is 7.18. The highest BCUT2D eigenvalue weighted by atomic mass is 32.2. The minimum Gasteiger partial charge on any atom is -0.744 e. The van der Waals surface area contributed by atoms with Gasteiger partial charge in [-0.05, 0) is 17.5 Å². The van der Waals surface area contributed by atoms with Crippen LogP contribution in [0.5, 0.6) is 0 Å². The molecule has 1 aromatic rings. The molecule has 0 fully saturated rings. The lowest BCUT2D eigenvalue weighted by atomic mass is 10.0. The first kappa shape index (κ1) is 17.1. The lowest BCUT2D eigenvalue weighted by Gasteiger charge is -2.14. The number of rotatable bonds is 2. The lowest BCUT2D eigenvalue weighted by Crippen LogP contribution is -2.27. The standard InChI is InChI=1S/C9H12O3S.C4H12N/c1-7(2)8-5-3-4-6-9(8)13(10,11)12;1-5(2,3)4/h3-7H,1-2H3,(H,10,11,12);1-4H3/q;+1/p-1. The smallest absolute Gasteiger partial charge is 0.124 e. The number of hydrogen-bond acceptors (Lipinski definition) is 3. The van der Waals surface area contributed by atoms with Crippen LogP contribution in [0.25, 0.3) is 0 Å². The summed E-state index contributed by atoms with van der Waals surface area (Å²) in [6.45, 7) is 3.70. The number of benzene rings is 1. The van der Waals surface area contributed by atoms with Crippen LogP contribution in [0.3, 0.4) is 0 Å². The van der Waals surface area contributed by atoms with Crippen molar-refractivity contribution in [2.75, 3.05) is 28.2 Å². The van der Waals surface area contributed by atoms with E-state index >= 15 is 0 Å². The van der Waals surface area contributed by atoms with E-state index in [1.807, 2.05) is 13.8 Å². The van der Waals surface area contributed by atoms with Gasteiger partial charge in [-0.15, -0.1) is 0 Å². The molecular weight excluding hydrogens is 250 g/mol. The van der Waals surface area contributed by atoms with Crippen molar-refractivity contribution in [1.29, 1.82) is 0 Å². The van der Waals surface area contributed by atoms with Crippen molar-refractivity contribution in [3.8, 4) is 0 Å². The first-order valence-electron chi connectivity index (χ1n) is 5.76. The largest absolute Gasteiger partial charge is 0.744 e. The first-order chi connectivity index (χ1) is 7.93. The average Bonchev–Trinajstić information content (AvgIpc) is 2.13. The predicted octanol–water partition coefficient (Wildman–Crippen LogP) is 2.04. The van der Waals surface area contributed by atoms with Gasteiger partial charge in [-0.2, -0.15) is 0 Å². The molecule has 0 radical (unpaired) electrons. The van der Waals surface area contributed by atoms with Crippen LogP contribution in [-0.4, -0.2) is 45.6 Å². The lowest BCUT2D eigenvalue weighted by molar-refractivity contribution is -0.849. The normalized spacial score (nSPS) is 12.0. The van der Waals surface area contributed by atoms with E-state index in [1.54, 1.807) is 18.2 Å². The van der Waals surface area contributed by atoms with E-state index in [0.717, 1.165) is 4.48 Å². The third kappa shape index (κ3) is 7.42. The zero-order valence-corrected chi connectivity index (χ0v) is 12.8. The Balaban J connectivity index is 0.000000494. The van der Waals surface area contributed by atoms with E-state index in [0.29, 0.717) is 5.56 Å². The summed E-state index contributed by atoms with van der Waals surface area (Å²) in [7, 11) is 4.17. The number of quaternary nitrogens is 1. The molecule has 1 aromatic carbocycles. The van der Waals surface area contributed by atoms with E-state index < -0.39 is 10.1 Å². The maximum absolute atomic E-state index is 10.8. The van der Waals surface area contributed by atoms with Gasteiger partial charge in [0, 0.05) is 0 Å². The van der Waals surface area contributed by atoms with Crippen LogP contribution in [0.1, 0.15) is 25.3 Å². The zero-order chi connectivity index (χ0) is 14.6. The molecule has 1 rings (SSSR count). The minimum absolute atomic E-state index is 0.0416. The zero-order valence-electron chi connectivity index (χ0n) is 12.0. The second-order valence-electron chi connectivity index (χ2n) is 5.83.